The van der Waals surface area contributed by atoms with Crippen LogP contribution in [0.2, 0.25) is 0 Å². The van der Waals surface area contributed by atoms with Gasteiger partial charge in [0.1, 0.15) is 11.5 Å². The van der Waals surface area contributed by atoms with E-state index in [0.717, 1.165) is 17.2 Å². The molecule has 0 atom stereocenters. The number of ether oxygens (including phenoxy) is 1. The zero-order valence-electron chi connectivity index (χ0n) is 19.0. The van der Waals surface area contributed by atoms with E-state index < -0.39 is 0 Å². The monoisotopic (exact) mass is 488 g/mol. The van der Waals surface area contributed by atoms with Gasteiger partial charge in [-0.25, -0.2) is 5.43 Å². The Hall–Kier alpha value is -4.31. The maximum atomic E-state index is 12.4. The number of aromatic nitrogens is 3. The molecule has 9 nitrogen and oxygen atoms in total. The van der Waals surface area contributed by atoms with E-state index in [1.807, 2.05) is 65.2 Å². The molecule has 178 valence electrons. The highest BCUT2D eigenvalue weighted by Crippen LogP contribution is 2.23. The Bertz CT molecular complexity index is 1300. The molecule has 3 N–H and O–H groups in total. The Kier molecular flexibility index (Phi) is 7.97. The third-order valence-electron chi connectivity index (χ3n) is 4.90. The van der Waals surface area contributed by atoms with Crippen LogP contribution in [0.4, 0.5) is 5.69 Å². The van der Waals surface area contributed by atoms with E-state index >= 15 is 0 Å². The van der Waals surface area contributed by atoms with Crippen molar-refractivity contribution in [3.63, 3.8) is 0 Å². The number of nitrogens with zero attached hydrogens (tertiary/aromatic N) is 4. The summed E-state index contributed by atoms with van der Waals surface area (Å²) in [5.74, 6) is 1.09. The molecule has 0 radical (unpaired) electrons. The molecule has 0 aliphatic carbocycles. The van der Waals surface area contributed by atoms with Gasteiger partial charge in [0.15, 0.2) is 11.0 Å². The normalized spacial score (nSPS) is 10.9. The van der Waals surface area contributed by atoms with Crippen LogP contribution in [0.15, 0.2) is 89.1 Å². The molecule has 0 fully saturated rings. The average molecular weight is 489 g/mol. The third-order valence-corrected chi connectivity index (χ3v) is 5.83. The van der Waals surface area contributed by atoms with Crippen LogP contribution in [0.3, 0.4) is 0 Å². The number of phenols is 1. The van der Waals surface area contributed by atoms with Crippen LogP contribution in [-0.4, -0.2) is 44.9 Å². The van der Waals surface area contributed by atoms with Crippen LogP contribution in [0.25, 0.3) is 5.69 Å². The van der Waals surface area contributed by atoms with Crippen LogP contribution in [0.1, 0.15) is 11.4 Å². The number of thioether (sulfide) groups is 1. The molecule has 1 amide bonds. The molecule has 0 aliphatic rings. The molecule has 4 rings (SSSR count). The molecular weight excluding hydrogens is 464 g/mol. The van der Waals surface area contributed by atoms with Crippen molar-refractivity contribution in [2.45, 2.75) is 11.7 Å². The summed E-state index contributed by atoms with van der Waals surface area (Å²) in [5.41, 5.74) is 4.77. The molecule has 0 bridgehead atoms. The zero-order chi connectivity index (χ0) is 24.5. The van der Waals surface area contributed by atoms with Crippen LogP contribution < -0.4 is 15.5 Å². The molecule has 35 heavy (non-hydrogen) atoms. The number of hydrogen-bond donors (Lipinski definition) is 3. The van der Waals surface area contributed by atoms with Gasteiger partial charge in [-0.1, -0.05) is 48.2 Å². The van der Waals surface area contributed by atoms with Gasteiger partial charge in [0.05, 0.1) is 25.6 Å². The van der Waals surface area contributed by atoms with Crippen LogP contribution in [0, 0.1) is 0 Å². The van der Waals surface area contributed by atoms with Gasteiger partial charge in [0.2, 0.25) is 0 Å². The van der Waals surface area contributed by atoms with Gasteiger partial charge in [-0.05, 0) is 42.5 Å². The molecule has 0 unspecified atom stereocenters. The summed E-state index contributed by atoms with van der Waals surface area (Å²) in [4.78, 5) is 12.4. The topological polar surface area (TPSA) is 114 Å². The van der Waals surface area contributed by atoms with Crippen molar-refractivity contribution in [2.75, 3.05) is 18.2 Å². The Morgan fingerprint density at radius 1 is 1.09 bits per heavy atom. The number of hydrazone groups is 1. The highest BCUT2D eigenvalue weighted by Gasteiger charge is 2.15. The minimum atomic E-state index is -0.319. The average Bonchev–Trinajstić information content (AvgIpc) is 3.31. The largest absolute Gasteiger partial charge is 0.507 e. The van der Waals surface area contributed by atoms with Crippen molar-refractivity contribution in [1.82, 2.24) is 20.2 Å². The molecule has 0 aliphatic heterocycles. The molecule has 3 aromatic carbocycles. The minimum Gasteiger partial charge on any atom is -0.507 e. The number of carbonyl (C=O) groups excluding carboxylic acids is 1. The first-order valence-corrected chi connectivity index (χ1v) is 11.7. The predicted octanol–water partition coefficient (Wildman–Crippen LogP) is 3.84. The van der Waals surface area contributed by atoms with Crippen molar-refractivity contribution >= 4 is 29.6 Å². The van der Waals surface area contributed by atoms with Gasteiger partial charge in [-0.2, -0.15) is 5.10 Å². The van der Waals surface area contributed by atoms with E-state index in [2.05, 4.69) is 26.0 Å². The summed E-state index contributed by atoms with van der Waals surface area (Å²) in [7, 11) is 1.53. The van der Waals surface area contributed by atoms with E-state index in [1.165, 1.54) is 31.2 Å². The molecule has 0 saturated heterocycles. The van der Waals surface area contributed by atoms with E-state index in [-0.39, 0.29) is 17.4 Å². The minimum absolute atomic E-state index is 0.0331. The smallest absolute Gasteiger partial charge is 0.250 e. The number of benzene rings is 3. The first kappa shape index (κ1) is 23.8. The van der Waals surface area contributed by atoms with Crippen molar-refractivity contribution in [3.8, 4) is 17.2 Å². The molecular formula is C25H24N6O3S. The fourth-order valence-corrected chi connectivity index (χ4v) is 3.94. The lowest BCUT2D eigenvalue weighted by Crippen LogP contribution is -2.20. The zero-order valence-corrected chi connectivity index (χ0v) is 19.8. The number of amides is 1. The fraction of sp³-hybridized carbons (Fsp3) is 0.120. The Morgan fingerprint density at radius 3 is 2.57 bits per heavy atom. The fourth-order valence-electron chi connectivity index (χ4n) is 3.18. The van der Waals surface area contributed by atoms with Crippen LogP contribution in [-0.2, 0) is 11.3 Å². The maximum absolute atomic E-state index is 12.4. The molecule has 0 spiro atoms. The predicted molar refractivity (Wildman–Crippen MR) is 136 cm³/mol. The number of nitrogens with one attached hydrogen (secondary N) is 2. The second-order valence-corrected chi connectivity index (χ2v) is 8.24. The second-order valence-electron chi connectivity index (χ2n) is 7.30. The second kappa shape index (κ2) is 11.7. The lowest BCUT2D eigenvalue weighted by Gasteiger charge is -2.11. The van der Waals surface area contributed by atoms with Gasteiger partial charge in [0.25, 0.3) is 5.91 Å². The molecule has 10 heteroatoms. The van der Waals surface area contributed by atoms with E-state index in [4.69, 9.17) is 4.74 Å². The standard InChI is InChI=1S/C25H24N6O3S/c1-34-21-12-13-22(32)18(14-21)15-27-29-24(33)17-35-25-30-28-23(16-26-19-8-4-2-5-9-19)31(25)20-10-6-3-7-11-20/h2-15,26,32H,16-17H2,1H3,(H,29,33). The lowest BCUT2D eigenvalue weighted by atomic mass is 10.2. The van der Waals surface area contributed by atoms with Gasteiger partial charge < -0.3 is 15.2 Å². The Labute approximate surface area is 206 Å². The number of aromatic hydroxyl groups is 1. The Balaban J connectivity index is 1.42. The van der Waals surface area contributed by atoms with Gasteiger partial charge in [-0.15, -0.1) is 10.2 Å². The van der Waals surface area contributed by atoms with E-state index in [1.54, 1.807) is 12.1 Å². The Morgan fingerprint density at radius 2 is 1.83 bits per heavy atom. The summed E-state index contributed by atoms with van der Waals surface area (Å²) in [6, 6.07) is 24.3. The molecule has 4 aromatic rings. The molecule has 1 heterocycles. The summed E-state index contributed by atoms with van der Waals surface area (Å²) in [6.07, 6.45) is 1.36. The first-order chi connectivity index (χ1) is 17.1. The number of methoxy groups -OCH3 is 1. The molecule has 1 aromatic heterocycles. The van der Waals surface area contributed by atoms with Crippen molar-refractivity contribution in [1.29, 1.82) is 0 Å². The number of para-hydroxylation sites is 2. The summed E-state index contributed by atoms with van der Waals surface area (Å²) >= 11 is 1.25. The molecule has 0 saturated carbocycles. The van der Waals surface area contributed by atoms with Crippen molar-refractivity contribution in [2.24, 2.45) is 5.10 Å². The van der Waals surface area contributed by atoms with Gasteiger partial charge in [-0.3, -0.25) is 9.36 Å². The van der Waals surface area contributed by atoms with E-state index in [0.29, 0.717) is 23.0 Å². The van der Waals surface area contributed by atoms with Gasteiger partial charge in [0, 0.05) is 16.9 Å². The first-order valence-electron chi connectivity index (χ1n) is 10.7. The highest BCUT2D eigenvalue weighted by atomic mass is 32.2. The number of carbonyl (C=O) groups is 1. The van der Waals surface area contributed by atoms with Crippen LogP contribution >= 0.6 is 11.8 Å². The third kappa shape index (κ3) is 6.39. The number of phenolic OH excluding ortho intramolecular Hbond substituents is 1. The van der Waals surface area contributed by atoms with Crippen molar-refractivity contribution in [3.05, 3.63) is 90.3 Å². The van der Waals surface area contributed by atoms with Crippen LogP contribution in [0.5, 0.6) is 11.5 Å². The van der Waals surface area contributed by atoms with E-state index in [9.17, 15) is 9.90 Å². The summed E-state index contributed by atoms with van der Waals surface area (Å²) < 4.78 is 7.06. The van der Waals surface area contributed by atoms with Gasteiger partial charge >= 0.3 is 0 Å². The van der Waals surface area contributed by atoms with Crippen molar-refractivity contribution < 1.29 is 14.6 Å². The lowest BCUT2D eigenvalue weighted by molar-refractivity contribution is -0.118. The number of rotatable bonds is 10. The summed E-state index contributed by atoms with van der Waals surface area (Å²) in [5, 5.41) is 26.4. The number of hydrogen-bond acceptors (Lipinski definition) is 8. The SMILES string of the molecule is COc1ccc(O)c(C=NNC(=O)CSc2nnc(CNc3ccccc3)n2-c2ccccc2)c1. The number of anilines is 1. The maximum Gasteiger partial charge on any atom is 0.250 e. The highest BCUT2D eigenvalue weighted by molar-refractivity contribution is 7.99. The quantitative estimate of drug-likeness (QED) is 0.177. The summed E-state index contributed by atoms with van der Waals surface area (Å²) in [6.45, 7) is 0.465.